The highest BCUT2D eigenvalue weighted by Gasteiger charge is 2.23. The summed E-state index contributed by atoms with van der Waals surface area (Å²) in [7, 11) is -3.52. The summed E-state index contributed by atoms with van der Waals surface area (Å²) in [6, 6.07) is 35.6. The van der Waals surface area contributed by atoms with Crippen LogP contribution in [0.2, 0.25) is 0 Å². The van der Waals surface area contributed by atoms with Crippen LogP contribution in [-0.4, -0.2) is 90.2 Å². The fraction of sp³-hybridized carbons (Fsp3) is 0.269. The Morgan fingerprint density at radius 3 is 1.75 bits per heavy atom. The lowest BCUT2D eigenvalue weighted by Gasteiger charge is -2.16. The molecule has 8 N–H and O–H groups in total. The molecule has 15 heteroatoms. The van der Waals surface area contributed by atoms with Crippen molar-refractivity contribution in [1.82, 2.24) is 5.32 Å². The van der Waals surface area contributed by atoms with Gasteiger partial charge in [-0.25, -0.2) is 18.0 Å². The molecule has 7 rings (SSSR count). The second-order valence-corrected chi connectivity index (χ2v) is 17.9. The number of carbonyl (C=O) groups is 2. The van der Waals surface area contributed by atoms with Crippen molar-refractivity contribution < 1.29 is 58.1 Å². The molecule has 0 fully saturated rings. The number of carboxylic acid groups (broad SMARTS) is 2. The molecule has 0 aliphatic carbocycles. The number of aromatic hydroxyl groups is 3. The normalized spacial score (nSPS) is 11.9. The van der Waals surface area contributed by atoms with E-state index in [0.717, 1.165) is 70.3 Å². The number of hydrogen-bond donors (Lipinski definition) is 8. The minimum absolute atomic E-state index is 0.0407. The zero-order valence-electron chi connectivity index (χ0n) is 37.2. The zero-order chi connectivity index (χ0) is 47.9. The van der Waals surface area contributed by atoms with Crippen LogP contribution in [0.5, 0.6) is 23.0 Å². The number of fused-ring (bicyclic) bond motifs is 3. The maximum atomic E-state index is 11.6. The van der Waals surface area contributed by atoms with Gasteiger partial charge in [-0.05, 0) is 107 Å². The summed E-state index contributed by atoms with van der Waals surface area (Å²) < 4.78 is 36.7. The lowest BCUT2D eigenvalue weighted by Crippen LogP contribution is -2.22. The number of aliphatic hydroxyl groups is 1. The molecule has 0 bridgehead atoms. The number of ether oxygens (including phenoxy) is 2. The zero-order valence-corrected chi connectivity index (χ0v) is 38.0. The van der Waals surface area contributed by atoms with Gasteiger partial charge in [0.25, 0.3) is 0 Å². The first-order valence-corrected chi connectivity index (χ1v) is 23.9. The summed E-state index contributed by atoms with van der Waals surface area (Å²) in [5, 5.41) is 68.6. The molecule has 0 heterocycles. The van der Waals surface area contributed by atoms with Crippen molar-refractivity contribution in [3.63, 3.8) is 0 Å². The average Bonchev–Trinajstić information content (AvgIpc) is 3.30. The third-order valence-electron chi connectivity index (χ3n) is 11.2. The quantitative estimate of drug-likeness (QED) is 0.0234. The Bertz CT molecular complexity index is 2840. The monoisotopic (exact) mass is 932 g/mol. The van der Waals surface area contributed by atoms with Crippen LogP contribution in [0, 0.1) is 0 Å². The van der Waals surface area contributed by atoms with Gasteiger partial charge in [0.1, 0.15) is 34.1 Å². The van der Waals surface area contributed by atoms with Crippen molar-refractivity contribution in [2.45, 2.75) is 51.0 Å². The highest BCUT2D eigenvalue weighted by Crippen LogP contribution is 2.39. The molecule has 0 saturated carbocycles. The van der Waals surface area contributed by atoms with Crippen LogP contribution in [0.15, 0.2) is 121 Å². The molecule has 67 heavy (non-hydrogen) atoms. The molecule has 14 nitrogen and oxygen atoms in total. The topological polar surface area (TPSA) is 232 Å². The first kappa shape index (κ1) is 49.5. The molecule has 1 unspecified atom stereocenters. The van der Waals surface area contributed by atoms with E-state index >= 15 is 0 Å². The van der Waals surface area contributed by atoms with Gasteiger partial charge in [0.15, 0.2) is 0 Å². The Hall–Kier alpha value is -6.91. The highest BCUT2D eigenvalue weighted by atomic mass is 32.2. The molecular weight excluding hydrogens is 877 g/mol. The molecule has 0 amide bonds. The Kier molecular flexibility index (Phi) is 17.4. The summed E-state index contributed by atoms with van der Waals surface area (Å²) in [6.45, 7) is 3.33. The van der Waals surface area contributed by atoms with Gasteiger partial charge in [0.2, 0.25) is 10.0 Å². The van der Waals surface area contributed by atoms with E-state index in [4.69, 9.17) is 9.47 Å². The molecule has 7 aromatic carbocycles. The number of rotatable bonds is 22. The largest absolute Gasteiger partial charge is 0.507 e. The number of sulfonamides is 1. The van der Waals surface area contributed by atoms with Crippen LogP contribution in [-0.2, 0) is 21.2 Å². The van der Waals surface area contributed by atoms with Gasteiger partial charge in [0, 0.05) is 37.3 Å². The number of unbranched alkanes of at least 4 members (excludes halogenated alkanes) is 4. The molecule has 0 aliphatic rings. The first-order chi connectivity index (χ1) is 32.2. The van der Waals surface area contributed by atoms with Crippen LogP contribution in [0.1, 0.15) is 82.0 Å². The van der Waals surface area contributed by atoms with Crippen LogP contribution in [0.3, 0.4) is 0 Å². The van der Waals surface area contributed by atoms with Crippen LogP contribution in [0.25, 0.3) is 32.3 Å². The number of nitrogens with one attached hydrogen (secondary N) is 2. The molecule has 352 valence electrons. The van der Waals surface area contributed by atoms with Gasteiger partial charge in [-0.15, -0.1) is 0 Å². The van der Waals surface area contributed by atoms with E-state index in [1.54, 1.807) is 54.6 Å². The van der Waals surface area contributed by atoms with E-state index in [2.05, 4.69) is 34.3 Å². The molecule has 0 spiro atoms. The van der Waals surface area contributed by atoms with Crippen molar-refractivity contribution >= 4 is 60.0 Å². The van der Waals surface area contributed by atoms with Crippen LogP contribution < -0.4 is 14.8 Å². The van der Waals surface area contributed by atoms with E-state index < -0.39 is 39.6 Å². The predicted octanol–water partition coefficient (Wildman–Crippen LogP) is 9.37. The van der Waals surface area contributed by atoms with Gasteiger partial charge in [-0.1, -0.05) is 97.8 Å². The van der Waals surface area contributed by atoms with E-state index in [9.17, 15) is 48.6 Å². The fourth-order valence-electron chi connectivity index (χ4n) is 7.75. The van der Waals surface area contributed by atoms with Gasteiger partial charge in [-0.3, -0.25) is 4.72 Å². The van der Waals surface area contributed by atoms with Gasteiger partial charge < -0.3 is 45.4 Å². The average molecular weight is 933 g/mol. The standard InChI is InChI=1S/C29H40N2O6S.C23H16O6/c1-38(34,35)31-27-21-25(13-15-28(27)32)29(33)22-30-16-6-2-3-7-17-36-18-8-9-19-37-26-14-12-23-10-4-5-11-24(23)20-26;24-20-16(14-7-3-1-5-12(14)9-18(20)22(26)27)11-17-15-8-4-2-6-13(15)10-19(21(17)25)23(28)29/h4-5,10-15,20-21,29-33H,2-3,6-9,16-19,22H2,1H3;1-10,24-25H,11H2,(H,26,27)(H,28,29). The summed E-state index contributed by atoms with van der Waals surface area (Å²) >= 11 is 0. The Morgan fingerprint density at radius 2 is 1.15 bits per heavy atom. The maximum absolute atomic E-state index is 11.6. The second kappa shape index (κ2) is 23.5. The minimum Gasteiger partial charge on any atom is -0.507 e. The minimum atomic E-state index is -3.52. The molecule has 1 atom stereocenters. The fourth-order valence-corrected chi connectivity index (χ4v) is 8.31. The number of phenols is 3. The Morgan fingerprint density at radius 1 is 0.612 bits per heavy atom. The molecular formula is C52H56N2O12S. The molecule has 0 aliphatic heterocycles. The smallest absolute Gasteiger partial charge is 0.339 e. The van der Waals surface area contributed by atoms with E-state index in [-0.39, 0.29) is 29.0 Å². The number of benzene rings is 7. The Labute approximate surface area is 389 Å². The number of aromatic carboxylic acids is 2. The third-order valence-corrected chi connectivity index (χ3v) is 11.8. The Balaban J connectivity index is 0.000000228. The maximum Gasteiger partial charge on any atom is 0.339 e. The lowest BCUT2D eigenvalue weighted by atomic mass is 9.90. The van der Waals surface area contributed by atoms with Crippen LogP contribution in [0.4, 0.5) is 5.69 Å². The SMILES string of the molecule is CS(=O)(=O)Nc1cc(C(O)CNCCCCCCOCCCCOc2ccc3ccccc3c2)ccc1O.O=C(O)c1cc2ccccc2c(Cc2c(O)c(C(=O)O)cc3ccccc23)c1O. The molecule has 0 radical (unpaired) electrons. The van der Waals surface area contributed by atoms with E-state index in [1.165, 1.54) is 35.0 Å². The number of anilines is 1. The van der Waals surface area contributed by atoms with E-state index in [1.807, 2.05) is 18.2 Å². The molecule has 7 aromatic rings. The number of aliphatic hydroxyl groups excluding tert-OH is 1. The molecule has 0 aromatic heterocycles. The van der Waals surface area contributed by atoms with Crippen molar-refractivity contribution in [2.75, 3.05) is 43.9 Å². The van der Waals surface area contributed by atoms with Crippen molar-refractivity contribution in [3.8, 4) is 23.0 Å². The van der Waals surface area contributed by atoms with Crippen molar-refractivity contribution in [3.05, 3.63) is 149 Å². The van der Waals surface area contributed by atoms with Gasteiger partial charge >= 0.3 is 11.9 Å². The highest BCUT2D eigenvalue weighted by molar-refractivity contribution is 7.92. The van der Waals surface area contributed by atoms with Gasteiger partial charge in [-0.2, -0.15) is 0 Å². The summed E-state index contributed by atoms with van der Waals surface area (Å²) in [6.07, 6.45) is 6.30. The van der Waals surface area contributed by atoms with E-state index in [0.29, 0.717) is 51.4 Å². The predicted molar refractivity (Wildman–Crippen MR) is 260 cm³/mol. The third kappa shape index (κ3) is 13.8. The first-order valence-electron chi connectivity index (χ1n) is 22.0. The summed E-state index contributed by atoms with van der Waals surface area (Å²) in [5.74, 6) is -2.63. The van der Waals surface area contributed by atoms with Crippen molar-refractivity contribution in [1.29, 1.82) is 0 Å². The number of phenolic OH excluding ortho intramolecular Hbond substituents is 1. The van der Waals surface area contributed by atoms with Crippen LogP contribution >= 0.6 is 0 Å². The second-order valence-electron chi connectivity index (χ2n) is 16.2. The number of carboxylic acids is 2. The summed E-state index contributed by atoms with van der Waals surface area (Å²) in [4.78, 5) is 23.2. The van der Waals surface area contributed by atoms with Gasteiger partial charge in [0.05, 0.1) is 24.7 Å². The number of hydrogen-bond acceptors (Lipinski definition) is 11. The summed E-state index contributed by atoms with van der Waals surface area (Å²) in [5.41, 5.74) is 0.695. The van der Waals surface area contributed by atoms with Crippen molar-refractivity contribution in [2.24, 2.45) is 0 Å². The molecule has 0 saturated heterocycles. The lowest BCUT2D eigenvalue weighted by molar-refractivity contribution is 0.0682.